The maximum Gasteiger partial charge on any atom is 0.0726 e. The third kappa shape index (κ3) is 2.32. The highest BCUT2D eigenvalue weighted by Gasteiger charge is 2.26. The highest BCUT2D eigenvalue weighted by molar-refractivity contribution is 5.92. The van der Waals surface area contributed by atoms with Crippen LogP contribution in [0.1, 0.15) is 50.8 Å². The number of nitrogens with one attached hydrogen (secondary N) is 1. The Morgan fingerprint density at radius 1 is 1.16 bits per heavy atom. The number of pyridine rings is 1. The third-order valence-electron chi connectivity index (χ3n) is 3.96. The van der Waals surface area contributed by atoms with Crippen LogP contribution in [0.2, 0.25) is 0 Å². The van der Waals surface area contributed by atoms with Crippen molar-refractivity contribution in [2.45, 2.75) is 44.9 Å². The molecule has 0 aliphatic heterocycles. The molecule has 1 fully saturated rings. The van der Waals surface area contributed by atoms with Gasteiger partial charge in [0, 0.05) is 29.7 Å². The van der Waals surface area contributed by atoms with E-state index in [1.807, 2.05) is 7.05 Å². The molecule has 1 aliphatic carbocycles. The molecule has 19 heavy (non-hydrogen) atoms. The number of hydrogen-bond donors (Lipinski definition) is 1. The van der Waals surface area contributed by atoms with Crippen molar-refractivity contribution < 1.29 is 0 Å². The largest absolute Gasteiger partial charge is 0.388 e. The van der Waals surface area contributed by atoms with Crippen LogP contribution in [0.15, 0.2) is 24.3 Å². The standard InChI is InChI=1S/C17H22N2/c1-17(2,3)12-7-8-14-13(9-12)16(18-4)10-15(19-14)11-5-6-11/h7-11H,5-6H2,1-4H3,(H,18,19). The second-order valence-corrected chi connectivity index (χ2v) is 6.60. The summed E-state index contributed by atoms with van der Waals surface area (Å²) in [4.78, 5) is 4.83. The number of anilines is 1. The first-order valence-electron chi connectivity index (χ1n) is 7.12. The fraction of sp³-hybridized carbons (Fsp3) is 0.471. The molecule has 3 rings (SSSR count). The third-order valence-corrected chi connectivity index (χ3v) is 3.96. The predicted octanol–water partition coefficient (Wildman–Crippen LogP) is 4.45. The summed E-state index contributed by atoms with van der Waals surface area (Å²) in [5.74, 6) is 0.693. The summed E-state index contributed by atoms with van der Waals surface area (Å²) in [6.45, 7) is 6.75. The molecule has 2 aromatic rings. The van der Waals surface area contributed by atoms with Gasteiger partial charge in [-0.2, -0.15) is 0 Å². The molecule has 1 N–H and O–H groups in total. The first kappa shape index (κ1) is 12.5. The van der Waals surface area contributed by atoms with Crippen LogP contribution in [-0.4, -0.2) is 12.0 Å². The highest BCUT2D eigenvalue weighted by atomic mass is 14.8. The van der Waals surface area contributed by atoms with Crippen LogP contribution < -0.4 is 5.32 Å². The van der Waals surface area contributed by atoms with Gasteiger partial charge >= 0.3 is 0 Å². The lowest BCUT2D eigenvalue weighted by Crippen LogP contribution is -2.11. The van der Waals surface area contributed by atoms with Crippen molar-refractivity contribution in [3.63, 3.8) is 0 Å². The monoisotopic (exact) mass is 254 g/mol. The van der Waals surface area contributed by atoms with Crippen LogP contribution in [0, 0.1) is 0 Å². The van der Waals surface area contributed by atoms with Crippen LogP contribution in [0.25, 0.3) is 10.9 Å². The number of fused-ring (bicyclic) bond motifs is 1. The van der Waals surface area contributed by atoms with Crippen LogP contribution in [0.3, 0.4) is 0 Å². The Kier molecular flexibility index (Phi) is 2.77. The summed E-state index contributed by atoms with van der Waals surface area (Å²) in [7, 11) is 2.00. The van der Waals surface area contributed by atoms with Gasteiger partial charge in [-0.3, -0.25) is 4.98 Å². The zero-order valence-electron chi connectivity index (χ0n) is 12.2. The summed E-state index contributed by atoms with van der Waals surface area (Å²) in [5.41, 5.74) is 5.10. The second kappa shape index (κ2) is 4.22. The molecule has 0 bridgehead atoms. The molecule has 1 heterocycles. The Labute approximate surface area is 115 Å². The Hall–Kier alpha value is -1.57. The normalized spacial score (nSPS) is 15.8. The van der Waals surface area contributed by atoms with Gasteiger partial charge in [-0.25, -0.2) is 0 Å². The minimum atomic E-state index is 0.175. The molecule has 0 radical (unpaired) electrons. The van der Waals surface area contributed by atoms with Gasteiger partial charge in [0.2, 0.25) is 0 Å². The van der Waals surface area contributed by atoms with Crippen molar-refractivity contribution in [3.05, 3.63) is 35.5 Å². The molecule has 0 spiro atoms. The summed E-state index contributed by atoms with van der Waals surface area (Å²) >= 11 is 0. The maximum absolute atomic E-state index is 4.83. The zero-order valence-corrected chi connectivity index (χ0v) is 12.2. The molecule has 1 aromatic carbocycles. The topological polar surface area (TPSA) is 24.9 Å². The molecule has 0 amide bonds. The van der Waals surface area contributed by atoms with Gasteiger partial charge in [0.15, 0.2) is 0 Å². The minimum absolute atomic E-state index is 0.175. The molecule has 0 saturated heterocycles. The summed E-state index contributed by atoms with van der Waals surface area (Å²) < 4.78 is 0. The van der Waals surface area contributed by atoms with Gasteiger partial charge in [0.1, 0.15) is 0 Å². The van der Waals surface area contributed by atoms with Crippen LogP contribution in [0.5, 0.6) is 0 Å². The molecule has 1 aliphatic rings. The van der Waals surface area contributed by atoms with Gasteiger partial charge in [-0.05, 0) is 42.0 Å². The summed E-state index contributed by atoms with van der Waals surface area (Å²) in [6.07, 6.45) is 2.59. The first-order chi connectivity index (χ1) is 8.99. The number of nitrogens with zero attached hydrogens (tertiary/aromatic N) is 1. The van der Waals surface area contributed by atoms with Crippen molar-refractivity contribution in [3.8, 4) is 0 Å². The van der Waals surface area contributed by atoms with Crippen LogP contribution >= 0.6 is 0 Å². The number of aromatic nitrogens is 1. The molecule has 1 saturated carbocycles. The van der Waals surface area contributed by atoms with E-state index in [0.29, 0.717) is 5.92 Å². The maximum atomic E-state index is 4.83. The molecule has 2 nitrogen and oxygen atoms in total. The second-order valence-electron chi connectivity index (χ2n) is 6.60. The van der Waals surface area contributed by atoms with E-state index in [0.717, 1.165) is 5.52 Å². The fourth-order valence-electron chi connectivity index (χ4n) is 2.51. The highest BCUT2D eigenvalue weighted by Crippen LogP contribution is 2.41. The molecule has 1 aromatic heterocycles. The number of benzene rings is 1. The average molecular weight is 254 g/mol. The van der Waals surface area contributed by atoms with Crippen molar-refractivity contribution >= 4 is 16.6 Å². The van der Waals surface area contributed by atoms with Crippen molar-refractivity contribution in [2.75, 3.05) is 12.4 Å². The van der Waals surface area contributed by atoms with Crippen LogP contribution in [0.4, 0.5) is 5.69 Å². The van der Waals surface area contributed by atoms with E-state index >= 15 is 0 Å². The molecular weight excluding hydrogens is 232 g/mol. The van der Waals surface area contributed by atoms with E-state index in [1.165, 1.54) is 35.2 Å². The van der Waals surface area contributed by atoms with Gasteiger partial charge in [-0.15, -0.1) is 0 Å². The van der Waals surface area contributed by atoms with E-state index in [-0.39, 0.29) is 5.41 Å². The van der Waals surface area contributed by atoms with E-state index < -0.39 is 0 Å². The van der Waals surface area contributed by atoms with Gasteiger partial charge in [0.05, 0.1) is 5.52 Å². The lowest BCUT2D eigenvalue weighted by atomic mass is 9.86. The molecular formula is C17H22N2. The Morgan fingerprint density at radius 3 is 2.47 bits per heavy atom. The molecule has 2 heteroatoms. The predicted molar refractivity (Wildman–Crippen MR) is 82.0 cm³/mol. The zero-order chi connectivity index (χ0) is 13.6. The summed E-state index contributed by atoms with van der Waals surface area (Å²) in [6, 6.07) is 8.89. The number of rotatable bonds is 2. The molecule has 0 atom stereocenters. The van der Waals surface area contributed by atoms with Crippen molar-refractivity contribution in [1.82, 2.24) is 4.98 Å². The summed E-state index contributed by atoms with van der Waals surface area (Å²) in [5, 5.41) is 4.57. The fourth-order valence-corrected chi connectivity index (χ4v) is 2.51. The molecule has 100 valence electrons. The van der Waals surface area contributed by atoms with E-state index in [2.05, 4.69) is 50.4 Å². The number of hydrogen-bond acceptors (Lipinski definition) is 2. The quantitative estimate of drug-likeness (QED) is 0.856. The minimum Gasteiger partial charge on any atom is -0.388 e. The SMILES string of the molecule is CNc1cc(C2CC2)nc2ccc(C(C)(C)C)cc12. The smallest absolute Gasteiger partial charge is 0.0726 e. The van der Waals surface area contributed by atoms with E-state index in [9.17, 15) is 0 Å². The van der Waals surface area contributed by atoms with Crippen molar-refractivity contribution in [2.24, 2.45) is 0 Å². The van der Waals surface area contributed by atoms with Crippen LogP contribution in [-0.2, 0) is 5.41 Å². The Balaban J connectivity index is 2.19. The van der Waals surface area contributed by atoms with Gasteiger partial charge < -0.3 is 5.32 Å². The lowest BCUT2D eigenvalue weighted by Gasteiger charge is -2.20. The van der Waals surface area contributed by atoms with Gasteiger partial charge in [0.25, 0.3) is 0 Å². The Bertz CT molecular complexity index is 619. The van der Waals surface area contributed by atoms with E-state index in [1.54, 1.807) is 0 Å². The van der Waals surface area contributed by atoms with Crippen molar-refractivity contribution in [1.29, 1.82) is 0 Å². The average Bonchev–Trinajstić information content (AvgIpc) is 3.19. The van der Waals surface area contributed by atoms with E-state index in [4.69, 9.17) is 4.98 Å². The lowest BCUT2D eigenvalue weighted by molar-refractivity contribution is 0.591. The Morgan fingerprint density at radius 2 is 1.89 bits per heavy atom. The molecule has 0 unspecified atom stereocenters. The first-order valence-corrected chi connectivity index (χ1v) is 7.12. The van der Waals surface area contributed by atoms with Gasteiger partial charge in [-0.1, -0.05) is 26.8 Å².